The number of esters is 2. The summed E-state index contributed by atoms with van der Waals surface area (Å²) in [6.45, 7) is 9.55. The first-order chi connectivity index (χ1) is 19.1. The van der Waals surface area contributed by atoms with E-state index in [1.54, 1.807) is 19.9 Å². The fourth-order valence-electron chi connectivity index (χ4n) is 3.37. The Kier molecular flexibility index (Phi) is 17.1. The van der Waals surface area contributed by atoms with Crippen molar-refractivity contribution in [3.63, 3.8) is 0 Å². The maximum Gasteiger partial charge on any atom is 0.513 e. The molecule has 2 N–H and O–H groups in total. The smallest absolute Gasteiger partial charge is 0.459 e. The molecule has 0 amide bonds. The minimum absolute atomic E-state index is 0.0270. The summed E-state index contributed by atoms with van der Waals surface area (Å²) in [7, 11) is 0. The molecule has 11 nitrogen and oxygen atoms in total. The molecular formula is C29H45NO10. The first-order valence-electron chi connectivity index (χ1n) is 14.1. The van der Waals surface area contributed by atoms with Crippen LogP contribution >= 0.6 is 0 Å². The number of hydrogen-bond acceptors (Lipinski definition) is 11. The van der Waals surface area contributed by atoms with Crippen LogP contribution in [0.4, 0.5) is 9.59 Å². The van der Waals surface area contributed by atoms with Crippen LogP contribution in [0.15, 0.2) is 18.2 Å². The average molecular weight is 568 g/mol. The largest absolute Gasteiger partial charge is 0.513 e. The highest BCUT2D eigenvalue weighted by molar-refractivity contribution is 5.76. The Balaban J connectivity index is 2.89. The molecule has 0 radical (unpaired) electrons. The predicted molar refractivity (Wildman–Crippen MR) is 147 cm³/mol. The van der Waals surface area contributed by atoms with Gasteiger partial charge in [0.05, 0.1) is 13.2 Å². The lowest BCUT2D eigenvalue weighted by Gasteiger charge is -2.22. The first kappa shape index (κ1) is 34.7. The normalized spacial score (nSPS) is 12.9. The zero-order valence-electron chi connectivity index (χ0n) is 24.4. The zero-order valence-corrected chi connectivity index (χ0v) is 24.4. The van der Waals surface area contributed by atoms with Crippen molar-refractivity contribution < 1.29 is 47.6 Å². The van der Waals surface area contributed by atoms with Gasteiger partial charge < -0.3 is 34.2 Å². The SMILES string of the molecule is CCCCCOC(=O)Oc1ccc(C[C@H](N)C(=O)O[C@@H](C)C(C)OC(=O)CCC)cc1OC(=O)OCCCCC. The Morgan fingerprint density at radius 1 is 0.750 bits per heavy atom. The summed E-state index contributed by atoms with van der Waals surface area (Å²) in [5.41, 5.74) is 6.58. The van der Waals surface area contributed by atoms with Crippen LogP contribution in [0.2, 0.25) is 0 Å². The fraction of sp³-hybridized carbons (Fsp3) is 0.655. The molecule has 3 atom stereocenters. The Labute approximate surface area is 236 Å². The first-order valence-corrected chi connectivity index (χ1v) is 14.1. The van der Waals surface area contributed by atoms with Crippen molar-refractivity contribution in [2.45, 2.75) is 111 Å². The third kappa shape index (κ3) is 14.2. The van der Waals surface area contributed by atoms with Gasteiger partial charge >= 0.3 is 24.2 Å². The second kappa shape index (κ2) is 19.7. The summed E-state index contributed by atoms with van der Waals surface area (Å²) >= 11 is 0. The standard InChI is InChI=1S/C29H45NO10/c1-6-9-11-16-35-28(33)39-24-15-14-22(19-25(24)40-29(34)36-17-12-10-7-2)18-23(30)27(32)38-21(5)20(4)37-26(31)13-8-3/h14-15,19-21,23H,6-13,16-18,30H2,1-5H3/t20?,21-,23-/m0/s1. The average Bonchev–Trinajstić information content (AvgIpc) is 2.90. The Morgan fingerprint density at radius 3 is 1.85 bits per heavy atom. The van der Waals surface area contributed by atoms with Crippen molar-refractivity contribution >= 4 is 24.2 Å². The summed E-state index contributed by atoms with van der Waals surface area (Å²) < 4.78 is 31.4. The Bertz CT molecular complexity index is 935. The van der Waals surface area contributed by atoms with E-state index >= 15 is 0 Å². The van der Waals surface area contributed by atoms with Gasteiger partial charge in [0.15, 0.2) is 11.5 Å². The van der Waals surface area contributed by atoms with Crippen LogP contribution in [0.5, 0.6) is 11.5 Å². The van der Waals surface area contributed by atoms with Gasteiger partial charge in [-0.15, -0.1) is 0 Å². The van der Waals surface area contributed by atoms with Crippen LogP contribution in [0.25, 0.3) is 0 Å². The minimum atomic E-state index is -1.06. The lowest BCUT2D eigenvalue weighted by Crippen LogP contribution is -2.39. The molecule has 0 aliphatic rings. The molecule has 0 heterocycles. The van der Waals surface area contributed by atoms with Crippen molar-refractivity contribution in [1.82, 2.24) is 0 Å². The molecular weight excluding hydrogens is 522 g/mol. The molecule has 1 aromatic rings. The maximum absolute atomic E-state index is 12.6. The number of ether oxygens (including phenoxy) is 6. The van der Waals surface area contributed by atoms with Gasteiger partial charge in [-0.05, 0) is 57.2 Å². The van der Waals surface area contributed by atoms with Crippen molar-refractivity contribution in [2.75, 3.05) is 13.2 Å². The highest BCUT2D eigenvalue weighted by Crippen LogP contribution is 2.30. The van der Waals surface area contributed by atoms with Crippen LogP contribution < -0.4 is 15.2 Å². The Hall–Kier alpha value is -3.34. The van der Waals surface area contributed by atoms with Gasteiger partial charge in [0.2, 0.25) is 0 Å². The van der Waals surface area contributed by atoms with E-state index in [1.807, 2.05) is 20.8 Å². The second-order valence-electron chi connectivity index (χ2n) is 9.49. The highest BCUT2D eigenvalue weighted by atomic mass is 16.7. The van der Waals surface area contributed by atoms with E-state index in [9.17, 15) is 19.2 Å². The van der Waals surface area contributed by atoms with E-state index in [4.69, 9.17) is 34.2 Å². The van der Waals surface area contributed by atoms with E-state index in [0.29, 0.717) is 24.8 Å². The van der Waals surface area contributed by atoms with Gasteiger partial charge in [-0.25, -0.2) is 9.59 Å². The van der Waals surface area contributed by atoms with Crippen LogP contribution in [0.1, 0.15) is 91.5 Å². The molecule has 0 fully saturated rings. The summed E-state index contributed by atoms with van der Waals surface area (Å²) in [5, 5.41) is 0. The summed E-state index contributed by atoms with van der Waals surface area (Å²) in [6, 6.07) is 3.35. The van der Waals surface area contributed by atoms with Crippen molar-refractivity contribution in [1.29, 1.82) is 0 Å². The molecule has 1 aromatic carbocycles. The zero-order chi connectivity index (χ0) is 29.9. The number of carbonyl (C=O) groups excluding carboxylic acids is 4. The monoisotopic (exact) mass is 567 g/mol. The molecule has 1 rings (SSSR count). The number of carbonyl (C=O) groups is 4. The molecule has 0 aliphatic heterocycles. The topological polar surface area (TPSA) is 150 Å². The third-order valence-electron chi connectivity index (χ3n) is 5.82. The quantitative estimate of drug-likeness (QED) is 0.102. The number of unbranched alkanes of at least 4 members (excludes halogenated alkanes) is 4. The fourth-order valence-corrected chi connectivity index (χ4v) is 3.37. The number of rotatable bonds is 18. The van der Waals surface area contributed by atoms with Gasteiger partial charge in [-0.3, -0.25) is 9.59 Å². The molecule has 0 saturated heterocycles. The molecule has 226 valence electrons. The molecule has 0 saturated carbocycles. The van der Waals surface area contributed by atoms with Crippen LogP contribution in [0.3, 0.4) is 0 Å². The number of hydrogen-bond donors (Lipinski definition) is 1. The Morgan fingerprint density at radius 2 is 1.30 bits per heavy atom. The van der Waals surface area contributed by atoms with Crippen LogP contribution in [-0.4, -0.2) is 55.7 Å². The summed E-state index contributed by atoms with van der Waals surface area (Å²) in [5.74, 6) is -1.21. The lowest BCUT2D eigenvalue weighted by atomic mass is 10.1. The van der Waals surface area contributed by atoms with E-state index in [0.717, 1.165) is 25.7 Å². The predicted octanol–water partition coefficient (Wildman–Crippen LogP) is 5.63. The van der Waals surface area contributed by atoms with Gasteiger partial charge in [-0.1, -0.05) is 52.5 Å². The lowest BCUT2D eigenvalue weighted by molar-refractivity contribution is -0.166. The van der Waals surface area contributed by atoms with Crippen molar-refractivity contribution in [3.8, 4) is 11.5 Å². The summed E-state index contributed by atoms with van der Waals surface area (Å²) in [6.07, 6.45) is 2.82. The van der Waals surface area contributed by atoms with Gasteiger partial charge in [0.25, 0.3) is 0 Å². The minimum Gasteiger partial charge on any atom is -0.459 e. The molecule has 0 aromatic heterocycles. The number of nitrogens with two attached hydrogens (primary N) is 1. The third-order valence-corrected chi connectivity index (χ3v) is 5.82. The second-order valence-corrected chi connectivity index (χ2v) is 9.49. The number of benzene rings is 1. The van der Waals surface area contributed by atoms with E-state index in [-0.39, 0.29) is 43.5 Å². The van der Waals surface area contributed by atoms with Crippen molar-refractivity contribution in [3.05, 3.63) is 23.8 Å². The molecule has 11 heteroatoms. The van der Waals surface area contributed by atoms with Crippen molar-refractivity contribution in [2.24, 2.45) is 5.73 Å². The van der Waals surface area contributed by atoms with Gasteiger partial charge in [-0.2, -0.15) is 0 Å². The van der Waals surface area contributed by atoms with Crippen LogP contribution in [-0.2, 0) is 35.0 Å². The molecule has 1 unspecified atom stereocenters. The van der Waals surface area contributed by atoms with Gasteiger partial charge in [0, 0.05) is 6.42 Å². The molecule has 0 spiro atoms. The van der Waals surface area contributed by atoms with E-state index < -0.39 is 36.5 Å². The maximum atomic E-state index is 12.6. The summed E-state index contributed by atoms with van der Waals surface area (Å²) in [4.78, 5) is 48.7. The molecule has 40 heavy (non-hydrogen) atoms. The van der Waals surface area contributed by atoms with E-state index in [2.05, 4.69) is 0 Å². The molecule has 0 bridgehead atoms. The van der Waals surface area contributed by atoms with Crippen LogP contribution in [0, 0.1) is 0 Å². The highest BCUT2D eigenvalue weighted by Gasteiger charge is 2.25. The van der Waals surface area contributed by atoms with Gasteiger partial charge in [0.1, 0.15) is 18.2 Å². The van der Waals surface area contributed by atoms with E-state index in [1.165, 1.54) is 12.1 Å². The molecule has 0 aliphatic carbocycles.